The van der Waals surface area contributed by atoms with Gasteiger partial charge in [-0.3, -0.25) is 4.99 Å². The SMILES string of the molecule is CCc1noc(CC)c1CNC(=NC)NCCCCn1ccnc1C.I. The Morgan fingerprint density at radius 3 is 2.65 bits per heavy atom. The summed E-state index contributed by atoms with van der Waals surface area (Å²) in [7, 11) is 1.79. The molecule has 0 unspecified atom stereocenters. The van der Waals surface area contributed by atoms with Gasteiger partial charge in [0.25, 0.3) is 0 Å². The highest BCUT2D eigenvalue weighted by atomic mass is 127. The molecule has 0 amide bonds. The number of imidazole rings is 1. The maximum atomic E-state index is 5.40. The Morgan fingerprint density at radius 2 is 2.04 bits per heavy atom. The predicted molar refractivity (Wildman–Crippen MR) is 115 cm³/mol. The van der Waals surface area contributed by atoms with E-state index < -0.39 is 0 Å². The zero-order valence-corrected chi connectivity index (χ0v) is 18.5. The number of aryl methyl sites for hydroxylation is 4. The quantitative estimate of drug-likeness (QED) is 0.253. The lowest BCUT2D eigenvalue weighted by Gasteiger charge is -2.12. The molecule has 0 aromatic carbocycles. The van der Waals surface area contributed by atoms with Gasteiger partial charge < -0.3 is 19.7 Å². The number of nitrogens with one attached hydrogen (secondary N) is 2. The second-order valence-corrected chi connectivity index (χ2v) is 5.97. The van der Waals surface area contributed by atoms with E-state index in [1.165, 1.54) is 0 Å². The minimum atomic E-state index is 0. The highest BCUT2D eigenvalue weighted by Gasteiger charge is 2.13. The van der Waals surface area contributed by atoms with E-state index >= 15 is 0 Å². The Balaban J connectivity index is 0.00000338. The average molecular weight is 474 g/mol. The van der Waals surface area contributed by atoms with Crippen LogP contribution in [-0.2, 0) is 25.9 Å². The molecule has 2 heterocycles. The van der Waals surface area contributed by atoms with Gasteiger partial charge in [-0.05, 0) is 26.2 Å². The Morgan fingerprint density at radius 1 is 1.23 bits per heavy atom. The van der Waals surface area contributed by atoms with Gasteiger partial charge in [0.15, 0.2) is 5.96 Å². The first kappa shape index (κ1) is 22.5. The number of aromatic nitrogens is 3. The first-order valence-corrected chi connectivity index (χ1v) is 9.08. The molecular weight excluding hydrogens is 443 g/mol. The number of rotatable bonds is 9. The molecule has 0 bridgehead atoms. The molecule has 0 saturated heterocycles. The smallest absolute Gasteiger partial charge is 0.191 e. The zero-order valence-electron chi connectivity index (χ0n) is 16.2. The van der Waals surface area contributed by atoms with Gasteiger partial charge in [-0.1, -0.05) is 19.0 Å². The van der Waals surface area contributed by atoms with Crippen molar-refractivity contribution in [1.29, 1.82) is 0 Å². The number of aliphatic imine (C=N–C) groups is 1. The van der Waals surface area contributed by atoms with Crippen molar-refractivity contribution < 1.29 is 4.52 Å². The summed E-state index contributed by atoms with van der Waals surface area (Å²) in [5.41, 5.74) is 2.18. The molecule has 2 aromatic rings. The predicted octanol–water partition coefficient (Wildman–Crippen LogP) is 3.07. The Bertz CT molecular complexity index is 658. The summed E-state index contributed by atoms with van der Waals surface area (Å²) in [6.07, 6.45) is 7.78. The molecule has 0 spiro atoms. The molecule has 0 fully saturated rings. The Hall–Kier alpha value is -1.58. The lowest BCUT2D eigenvalue weighted by molar-refractivity contribution is 0.380. The molecule has 0 aliphatic rings. The fraction of sp³-hybridized carbons (Fsp3) is 0.611. The fourth-order valence-electron chi connectivity index (χ4n) is 2.78. The van der Waals surface area contributed by atoms with Crippen LogP contribution in [0.1, 0.15) is 49.5 Å². The molecule has 7 nitrogen and oxygen atoms in total. The zero-order chi connectivity index (χ0) is 18.1. The number of guanidine groups is 1. The third kappa shape index (κ3) is 6.30. The normalized spacial score (nSPS) is 11.3. The largest absolute Gasteiger partial charge is 0.361 e. The van der Waals surface area contributed by atoms with Crippen LogP contribution >= 0.6 is 24.0 Å². The third-order valence-electron chi connectivity index (χ3n) is 4.31. The Kier molecular flexibility index (Phi) is 10.3. The highest BCUT2D eigenvalue weighted by Crippen LogP contribution is 2.15. The standard InChI is InChI=1S/C18H30N6O.HI/c1-5-16-15(17(6-2)25-23-16)13-22-18(19-4)21-9-7-8-11-24-12-10-20-14(24)3;/h10,12H,5-9,11,13H2,1-4H3,(H2,19,21,22);1H. The second-order valence-electron chi connectivity index (χ2n) is 5.97. The molecule has 8 heteroatoms. The van der Waals surface area contributed by atoms with E-state index in [0.717, 1.165) is 67.6 Å². The van der Waals surface area contributed by atoms with Gasteiger partial charge in [-0.25, -0.2) is 4.98 Å². The van der Waals surface area contributed by atoms with Crippen LogP contribution < -0.4 is 10.6 Å². The highest BCUT2D eigenvalue weighted by molar-refractivity contribution is 14.0. The first-order valence-electron chi connectivity index (χ1n) is 9.08. The summed E-state index contributed by atoms with van der Waals surface area (Å²) in [5.74, 6) is 2.83. The maximum absolute atomic E-state index is 5.40. The number of nitrogens with zero attached hydrogens (tertiary/aromatic N) is 4. The van der Waals surface area contributed by atoms with Crippen molar-refractivity contribution >= 4 is 29.9 Å². The van der Waals surface area contributed by atoms with Gasteiger partial charge in [0, 0.05) is 51.1 Å². The summed E-state index contributed by atoms with van der Waals surface area (Å²) >= 11 is 0. The summed E-state index contributed by atoms with van der Waals surface area (Å²) in [5, 5.41) is 10.9. The summed E-state index contributed by atoms with van der Waals surface area (Å²) in [4.78, 5) is 8.53. The minimum Gasteiger partial charge on any atom is -0.361 e. The van der Waals surface area contributed by atoms with Gasteiger partial charge in [0.1, 0.15) is 11.6 Å². The second kappa shape index (κ2) is 11.9. The van der Waals surface area contributed by atoms with Crippen molar-refractivity contribution in [3.8, 4) is 0 Å². The summed E-state index contributed by atoms with van der Waals surface area (Å²) in [6.45, 7) is 8.78. The van der Waals surface area contributed by atoms with E-state index in [2.05, 4.69) is 44.2 Å². The average Bonchev–Trinajstić information content (AvgIpc) is 3.22. The van der Waals surface area contributed by atoms with E-state index in [9.17, 15) is 0 Å². The molecule has 0 aliphatic carbocycles. The van der Waals surface area contributed by atoms with Gasteiger partial charge in [-0.15, -0.1) is 24.0 Å². The summed E-state index contributed by atoms with van der Waals surface area (Å²) in [6, 6.07) is 0. The van der Waals surface area contributed by atoms with E-state index in [0.29, 0.717) is 6.54 Å². The summed E-state index contributed by atoms with van der Waals surface area (Å²) < 4.78 is 7.58. The number of unbranched alkanes of at least 4 members (excludes halogenated alkanes) is 1. The molecule has 146 valence electrons. The Labute approximate surface area is 173 Å². The van der Waals surface area contributed by atoms with Gasteiger partial charge in [-0.2, -0.15) is 0 Å². The molecule has 0 aliphatic heterocycles. The van der Waals surface area contributed by atoms with E-state index in [1.807, 2.05) is 19.3 Å². The van der Waals surface area contributed by atoms with Crippen LogP contribution in [0.15, 0.2) is 21.9 Å². The first-order chi connectivity index (χ1) is 12.2. The van der Waals surface area contributed by atoms with Crippen molar-refractivity contribution in [3.05, 3.63) is 35.2 Å². The lowest BCUT2D eigenvalue weighted by atomic mass is 10.1. The van der Waals surface area contributed by atoms with E-state index in [4.69, 9.17) is 4.52 Å². The van der Waals surface area contributed by atoms with Crippen molar-refractivity contribution in [2.45, 2.75) is 59.5 Å². The molecule has 0 radical (unpaired) electrons. The third-order valence-corrected chi connectivity index (χ3v) is 4.31. The van der Waals surface area contributed by atoms with Crippen LogP contribution in [0.4, 0.5) is 0 Å². The molecule has 2 aromatic heterocycles. The molecular formula is C18H31IN6O. The van der Waals surface area contributed by atoms with Crippen LogP contribution in [0, 0.1) is 6.92 Å². The van der Waals surface area contributed by atoms with Crippen LogP contribution in [0.3, 0.4) is 0 Å². The molecule has 2 N–H and O–H groups in total. The minimum absolute atomic E-state index is 0. The maximum Gasteiger partial charge on any atom is 0.191 e. The lowest BCUT2D eigenvalue weighted by Crippen LogP contribution is -2.37. The molecule has 26 heavy (non-hydrogen) atoms. The van der Waals surface area contributed by atoms with Crippen molar-refractivity contribution in [2.24, 2.45) is 4.99 Å². The molecule has 0 atom stereocenters. The van der Waals surface area contributed by atoms with Gasteiger partial charge in [0.2, 0.25) is 0 Å². The topological polar surface area (TPSA) is 80.3 Å². The van der Waals surface area contributed by atoms with Crippen LogP contribution in [-0.4, -0.2) is 34.3 Å². The van der Waals surface area contributed by atoms with E-state index in [-0.39, 0.29) is 24.0 Å². The van der Waals surface area contributed by atoms with Crippen LogP contribution in [0.25, 0.3) is 0 Å². The van der Waals surface area contributed by atoms with Crippen molar-refractivity contribution in [1.82, 2.24) is 25.3 Å². The van der Waals surface area contributed by atoms with Gasteiger partial charge >= 0.3 is 0 Å². The van der Waals surface area contributed by atoms with Crippen LogP contribution in [0.5, 0.6) is 0 Å². The van der Waals surface area contributed by atoms with E-state index in [1.54, 1.807) is 7.05 Å². The fourth-order valence-corrected chi connectivity index (χ4v) is 2.78. The van der Waals surface area contributed by atoms with Gasteiger partial charge in [0.05, 0.1) is 5.69 Å². The molecule has 2 rings (SSSR count). The van der Waals surface area contributed by atoms with Crippen molar-refractivity contribution in [3.63, 3.8) is 0 Å². The number of hydrogen-bond acceptors (Lipinski definition) is 4. The number of hydrogen-bond donors (Lipinski definition) is 2. The molecule has 0 saturated carbocycles. The van der Waals surface area contributed by atoms with Crippen LogP contribution in [0.2, 0.25) is 0 Å². The van der Waals surface area contributed by atoms with Crippen molar-refractivity contribution in [2.75, 3.05) is 13.6 Å². The monoisotopic (exact) mass is 474 g/mol. The number of halogens is 1.